The first-order valence-electron chi connectivity index (χ1n) is 7.17. The molecule has 2 nitrogen and oxygen atoms in total. The summed E-state index contributed by atoms with van der Waals surface area (Å²) < 4.78 is 0. The molecule has 1 heterocycles. The van der Waals surface area contributed by atoms with E-state index >= 15 is 0 Å². The quantitative estimate of drug-likeness (QED) is 0.458. The fourth-order valence-corrected chi connectivity index (χ4v) is 3.07. The Balaban J connectivity index is 2.08. The highest BCUT2D eigenvalue weighted by Crippen LogP contribution is 2.37. The van der Waals surface area contributed by atoms with Crippen LogP contribution in [0.3, 0.4) is 0 Å². The van der Waals surface area contributed by atoms with E-state index in [9.17, 15) is 5.11 Å². The second-order valence-electron chi connectivity index (χ2n) is 6.61. The molecular weight excluding hydrogens is 246 g/mol. The van der Waals surface area contributed by atoms with Crippen LogP contribution in [0.15, 0.2) is 11.6 Å². The zero-order valence-corrected chi connectivity index (χ0v) is 12.5. The highest BCUT2D eigenvalue weighted by molar-refractivity contribution is 6.20. The van der Waals surface area contributed by atoms with Gasteiger partial charge in [0.1, 0.15) is 0 Å². The summed E-state index contributed by atoms with van der Waals surface area (Å²) in [7, 11) is 0. The van der Waals surface area contributed by atoms with Crippen molar-refractivity contribution in [3.8, 4) is 0 Å². The maximum atomic E-state index is 10.5. The van der Waals surface area contributed by atoms with E-state index < -0.39 is 0 Å². The first-order valence-corrected chi connectivity index (χ1v) is 7.61. The predicted octanol–water partition coefficient (Wildman–Crippen LogP) is 3.09. The van der Waals surface area contributed by atoms with E-state index in [1.807, 2.05) is 0 Å². The maximum Gasteiger partial charge on any atom is 0.0629 e. The van der Waals surface area contributed by atoms with Gasteiger partial charge >= 0.3 is 0 Å². The van der Waals surface area contributed by atoms with E-state index in [0.717, 1.165) is 32.2 Å². The molecule has 4 atom stereocenters. The minimum atomic E-state index is -0.234. The monoisotopic (exact) mass is 271 g/mol. The molecule has 1 fully saturated rings. The Hall–Kier alpha value is -0.0500. The number of nitrogens with one attached hydrogen (secondary N) is 1. The summed E-state index contributed by atoms with van der Waals surface area (Å²) in [6.45, 7) is 7.54. The Morgan fingerprint density at radius 1 is 1.56 bits per heavy atom. The van der Waals surface area contributed by atoms with Gasteiger partial charge in [-0.05, 0) is 38.5 Å². The zero-order valence-electron chi connectivity index (χ0n) is 11.7. The molecule has 1 aliphatic carbocycles. The fraction of sp³-hybridized carbons (Fsp3) is 0.867. The van der Waals surface area contributed by atoms with Crippen molar-refractivity contribution in [2.24, 2.45) is 11.8 Å². The number of alkyl halides is 1. The Labute approximate surface area is 116 Å². The Morgan fingerprint density at radius 3 is 2.67 bits per heavy atom. The molecule has 2 N–H and O–H groups in total. The fourth-order valence-electron chi connectivity index (χ4n) is 2.88. The molecule has 0 bridgehead atoms. The maximum absolute atomic E-state index is 10.5. The van der Waals surface area contributed by atoms with Gasteiger partial charge in [-0.1, -0.05) is 25.5 Å². The van der Waals surface area contributed by atoms with Gasteiger partial charge in [0.25, 0.3) is 0 Å². The predicted molar refractivity (Wildman–Crippen MR) is 76.9 cm³/mol. The molecule has 1 aliphatic heterocycles. The van der Waals surface area contributed by atoms with Crippen molar-refractivity contribution < 1.29 is 5.11 Å². The van der Waals surface area contributed by atoms with Gasteiger partial charge in [-0.3, -0.25) is 0 Å². The van der Waals surface area contributed by atoms with E-state index in [1.165, 1.54) is 5.57 Å². The third-order valence-electron chi connectivity index (χ3n) is 4.40. The van der Waals surface area contributed by atoms with Gasteiger partial charge in [-0.15, -0.1) is 11.6 Å². The number of aliphatic hydroxyl groups is 1. The Kier molecular flexibility index (Phi) is 4.40. The molecule has 18 heavy (non-hydrogen) atoms. The Morgan fingerprint density at radius 2 is 2.22 bits per heavy atom. The van der Waals surface area contributed by atoms with E-state index in [4.69, 9.17) is 11.6 Å². The van der Waals surface area contributed by atoms with Gasteiger partial charge in [-0.25, -0.2) is 0 Å². The number of hydrogen-bond donors (Lipinski definition) is 2. The molecule has 0 aromatic heterocycles. The van der Waals surface area contributed by atoms with E-state index in [2.05, 4.69) is 32.2 Å². The van der Waals surface area contributed by atoms with Crippen LogP contribution in [0.1, 0.15) is 46.5 Å². The molecule has 4 unspecified atom stereocenters. The van der Waals surface area contributed by atoms with Gasteiger partial charge in [0.05, 0.1) is 6.10 Å². The SMILES string of the molecule is CC(C)C(O)C(CC1(C)CN1)C1=CCC(Cl)CC1. The largest absolute Gasteiger partial charge is 0.392 e. The third kappa shape index (κ3) is 3.49. The van der Waals surface area contributed by atoms with Crippen LogP contribution >= 0.6 is 11.6 Å². The molecule has 0 aromatic carbocycles. The van der Waals surface area contributed by atoms with Crippen molar-refractivity contribution in [1.29, 1.82) is 0 Å². The summed E-state index contributed by atoms with van der Waals surface area (Å²) in [5.41, 5.74) is 1.68. The number of aliphatic hydroxyl groups excluding tert-OH is 1. The summed E-state index contributed by atoms with van der Waals surface area (Å²) >= 11 is 6.15. The molecular formula is C15H26ClNO. The van der Waals surface area contributed by atoms with Crippen LogP contribution in [0.25, 0.3) is 0 Å². The first kappa shape index (κ1) is 14.4. The molecule has 3 heteroatoms. The van der Waals surface area contributed by atoms with Gasteiger partial charge in [0, 0.05) is 23.4 Å². The minimum absolute atomic E-state index is 0.234. The Bertz CT molecular complexity index is 322. The molecule has 0 amide bonds. The first-order chi connectivity index (χ1) is 8.41. The summed E-state index contributed by atoms with van der Waals surface area (Å²) in [4.78, 5) is 0. The van der Waals surface area contributed by atoms with Gasteiger partial charge in [0.15, 0.2) is 0 Å². The topological polar surface area (TPSA) is 42.2 Å². The van der Waals surface area contributed by atoms with E-state index in [1.54, 1.807) is 0 Å². The molecule has 104 valence electrons. The van der Waals surface area contributed by atoms with Gasteiger partial charge < -0.3 is 10.4 Å². The molecule has 1 saturated heterocycles. The lowest BCUT2D eigenvalue weighted by Gasteiger charge is -2.32. The smallest absolute Gasteiger partial charge is 0.0629 e. The normalized spacial score (nSPS) is 35.2. The lowest BCUT2D eigenvalue weighted by atomic mass is 9.77. The van der Waals surface area contributed by atoms with Crippen molar-refractivity contribution >= 4 is 11.6 Å². The second kappa shape index (κ2) is 5.52. The third-order valence-corrected chi connectivity index (χ3v) is 4.80. The number of allylic oxidation sites excluding steroid dienone is 1. The average Bonchev–Trinajstić information content (AvgIpc) is 3.05. The number of hydrogen-bond acceptors (Lipinski definition) is 2. The van der Waals surface area contributed by atoms with Crippen LogP contribution in [0.4, 0.5) is 0 Å². The van der Waals surface area contributed by atoms with Crippen LogP contribution in [-0.4, -0.2) is 28.7 Å². The van der Waals surface area contributed by atoms with E-state index in [-0.39, 0.29) is 11.6 Å². The minimum Gasteiger partial charge on any atom is -0.392 e. The van der Waals surface area contributed by atoms with Crippen molar-refractivity contribution in [2.75, 3.05) is 6.54 Å². The van der Waals surface area contributed by atoms with Crippen LogP contribution in [0.5, 0.6) is 0 Å². The van der Waals surface area contributed by atoms with Crippen LogP contribution in [0, 0.1) is 11.8 Å². The number of halogens is 1. The highest BCUT2D eigenvalue weighted by Gasteiger charge is 2.41. The van der Waals surface area contributed by atoms with Crippen molar-refractivity contribution in [2.45, 2.75) is 63.5 Å². The number of rotatable bonds is 5. The van der Waals surface area contributed by atoms with E-state index in [0.29, 0.717) is 17.2 Å². The lowest BCUT2D eigenvalue weighted by Crippen LogP contribution is -2.32. The molecule has 2 aliphatic rings. The molecule has 2 rings (SSSR count). The van der Waals surface area contributed by atoms with Crippen molar-refractivity contribution in [1.82, 2.24) is 5.32 Å². The van der Waals surface area contributed by atoms with Crippen molar-refractivity contribution in [3.63, 3.8) is 0 Å². The summed E-state index contributed by atoms with van der Waals surface area (Å²) in [6.07, 6.45) is 6.16. The van der Waals surface area contributed by atoms with Crippen molar-refractivity contribution in [3.05, 3.63) is 11.6 Å². The molecule has 0 spiro atoms. The van der Waals surface area contributed by atoms with Crippen LogP contribution in [0.2, 0.25) is 0 Å². The second-order valence-corrected chi connectivity index (χ2v) is 7.23. The molecule has 0 saturated carbocycles. The molecule has 0 radical (unpaired) electrons. The summed E-state index contributed by atoms with van der Waals surface area (Å²) in [6, 6.07) is 0. The zero-order chi connectivity index (χ0) is 13.3. The molecule has 0 aromatic rings. The van der Waals surface area contributed by atoms with Crippen LogP contribution in [-0.2, 0) is 0 Å². The summed E-state index contributed by atoms with van der Waals surface area (Å²) in [5, 5.41) is 14.2. The van der Waals surface area contributed by atoms with Crippen LogP contribution < -0.4 is 5.32 Å². The van der Waals surface area contributed by atoms with Gasteiger partial charge in [0.2, 0.25) is 0 Å². The average molecular weight is 272 g/mol. The summed E-state index contributed by atoms with van der Waals surface area (Å²) in [5.74, 6) is 0.612. The lowest BCUT2D eigenvalue weighted by molar-refractivity contribution is 0.0697. The van der Waals surface area contributed by atoms with Gasteiger partial charge in [-0.2, -0.15) is 0 Å². The highest BCUT2D eigenvalue weighted by atomic mass is 35.5. The standard InChI is InChI=1S/C15H26ClNO/c1-10(2)14(18)13(8-15(3)9-17-15)11-4-6-12(16)7-5-11/h4,10,12-14,17-18H,5-9H2,1-3H3.